The monoisotopic (exact) mass is 366 g/mol. The first-order valence-electron chi connectivity index (χ1n) is 9.37. The Balaban J connectivity index is 1.58. The lowest BCUT2D eigenvalue weighted by Gasteiger charge is -2.07. The van der Waals surface area contributed by atoms with Crippen molar-refractivity contribution in [3.05, 3.63) is 53.9 Å². The SMILES string of the molecule is CC(C)CCNC(=O)CCc1nnc2ccc(NCc3ccccc3)nn12. The van der Waals surface area contributed by atoms with Crippen LogP contribution in [0.5, 0.6) is 0 Å². The van der Waals surface area contributed by atoms with Crippen LogP contribution in [0.15, 0.2) is 42.5 Å². The van der Waals surface area contributed by atoms with E-state index in [1.165, 1.54) is 5.56 Å². The van der Waals surface area contributed by atoms with Crippen LogP contribution in [-0.4, -0.2) is 32.3 Å². The topological polar surface area (TPSA) is 84.2 Å². The maximum Gasteiger partial charge on any atom is 0.220 e. The number of fused-ring (bicyclic) bond motifs is 1. The van der Waals surface area contributed by atoms with Gasteiger partial charge in [0.1, 0.15) is 5.82 Å². The molecule has 0 unspecified atom stereocenters. The molecule has 3 aromatic rings. The number of benzene rings is 1. The molecule has 0 radical (unpaired) electrons. The molecule has 1 amide bonds. The van der Waals surface area contributed by atoms with E-state index in [-0.39, 0.29) is 5.91 Å². The third-order valence-corrected chi connectivity index (χ3v) is 4.26. The summed E-state index contributed by atoms with van der Waals surface area (Å²) in [6.45, 7) is 5.69. The third kappa shape index (κ3) is 5.51. The molecule has 7 heteroatoms. The number of anilines is 1. The molecule has 2 N–H and O–H groups in total. The van der Waals surface area contributed by atoms with Crippen LogP contribution in [0.2, 0.25) is 0 Å². The van der Waals surface area contributed by atoms with Crippen molar-refractivity contribution in [1.29, 1.82) is 0 Å². The third-order valence-electron chi connectivity index (χ3n) is 4.26. The molecule has 1 aromatic carbocycles. The van der Waals surface area contributed by atoms with E-state index in [0.717, 1.165) is 12.2 Å². The zero-order valence-corrected chi connectivity index (χ0v) is 15.9. The molecule has 0 aliphatic carbocycles. The van der Waals surface area contributed by atoms with Gasteiger partial charge in [-0.05, 0) is 30.0 Å². The first-order valence-corrected chi connectivity index (χ1v) is 9.37. The van der Waals surface area contributed by atoms with Gasteiger partial charge in [-0.3, -0.25) is 4.79 Å². The molecule has 2 heterocycles. The van der Waals surface area contributed by atoms with Gasteiger partial charge in [0.05, 0.1) is 0 Å². The van der Waals surface area contributed by atoms with E-state index >= 15 is 0 Å². The van der Waals surface area contributed by atoms with Gasteiger partial charge in [0.25, 0.3) is 0 Å². The zero-order valence-electron chi connectivity index (χ0n) is 15.9. The van der Waals surface area contributed by atoms with E-state index in [1.807, 2.05) is 30.3 Å². The van der Waals surface area contributed by atoms with Gasteiger partial charge in [-0.25, -0.2) is 0 Å². The molecule has 0 saturated heterocycles. The van der Waals surface area contributed by atoms with Gasteiger partial charge in [0, 0.05) is 25.9 Å². The van der Waals surface area contributed by atoms with Crippen molar-refractivity contribution in [2.24, 2.45) is 5.92 Å². The molecule has 0 fully saturated rings. The Hall–Kier alpha value is -2.96. The molecule has 0 aliphatic rings. The number of rotatable bonds is 9. The maximum atomic E-state index is 12.0. The summed E-state index contributed by atoms with van der Waals surface area (Å²) in [5.74, 6) is 2.05. The van der Waals surface area contributed by atoms with Crippen molar-refractivity contribution in [2.75, 3.05) is 11.9 Å². The smallest absolute Gasteiger partial charge is 0.220 e. The quantitative estimate of drug-likeness (QED) is 0.608. The largest absolute Gasteiger partial charge is 0.365 e. The highest BCUT2D eigenvalue weighted by Crippen LogP contribution is 2.10. The summed E-state index contributed by atoms with van der Waals surface area (Å²) in [5, 5.41) is 19.1. The Kier molecular flexibility index (Phi) is 6.35. The second-order valence-electron chi connectivity index (χ2n) is 6.98. The number of nitrogens with zero attached hydrogens (tertiary/aromatic N) is 4. The number of hydrogen-bond acceptors (Lipinski definition) is 5. The van der Waals surface area contributed by atoms with Crippen molar-refractivity contribution >= 4 is 17.4 Å². The number of hydrogen-bond donors (Lipinski definition) is 2. The molecule has 2 aromatic heterocycles. The number of nitrogens with one attached hydrogen (secondary N) is 2. The van der Waals surface area contributed by atoms with Crippen LogP contribution >= 0.6 is 0 Å². The number of amides is 1. The van der Waals surface area contributed by atoms with Crippen LogP contribution in [0.25, 0.3) is 5.65 Å². The summed E-state index contributed by atoms with van der Waals surface area (Å²) in [7, 11) is 0. The van der Waals surface area contributed by atoms with Crippen LogP contribution in [0.3, 0.4) is 0 Å². The number of carbonyl (C=O) groups excluding carboxylic acids is 1. The van der Waals surface area contributed by atoms with Crippen LogP contribution in [0.1, 0.15) is 38.1 Å². The molecule has 0 spiro atoms. The van der Waals surface area contributed by atoms with Crippen LogP contribution < -0.4 is 10.6 Å². The Morgan fingerprint density at radius 3 is 2.70 bits per heavy atom. The van der Waals surface area contributed by atoms with Gasteiger partial charge in [0.15, 0.2) is 11.5 Å². The predicted molar refractivity (Wildman–Crippen MR) is 105 cm³/mol. The minimum Gasteiger partial charge on any atom is -0.365 e. The summed E-state index contributed by atoms with van der Waals surface area (Å²) in [6, 6.07) is 13.9. The average molecular weight is 366 g/mol. The fourth-order valence-corrected chi connectivity index (χ4v) is 2.69. The normalized spacial score (nSPS) is 11.1. The van der Waals surface area contributed by atoms with Crippen molar-refractivity contribution in [1.82, 2.24) is 25.1 Å². The second kappa shape index (κ2) is 9.12. The van der Waals surface area contributed by atoms with Crippen molar-refractivity contribution < 1.29 is 4.79 Å². The van der Waals surface area contributed by atoms with Crippen LogP contribution in [-0.2, 0) is 17.8 Å². The van der Waals surface area contributed by atoms with Crippen molar-refractivity contribution in [3.63, 3.8) is 0 Å². The average Bonchev–Trinajstić information content (AvgIpc) is 3.07. The van der Waals surface area contributed by atoms with E-state index in [4.69, 9.17) is 0 Å². The Morgan fingerprint density at radius 2 is 1.93 bits per heavy atom. The molecule has 142 valence electrons. The lowest BCUT2D eigenvalue weighted by atomic mass is 10.1. The first-order chi connectivity index (χ1) is 13.1. The predicted octanol–water partition coefficient (Wildman–Crippen LogP) is 2.83. The number of aromatic nitrogens is 4. The standard InChI is InChI=1S/C20H26N6O/c1-15(2)12-13-21-20(27)11-10-19-24-23-18-9-8-17(25-26(18)19)22-14-16-6-4-3-5-7-16/h3-9,15H,10-14H2,1-2H3,(H,21,27)(H,22,25). The fourth-order valence-electron chi connectivity index (χ4n) is 2.69. The van der Waals surface area contributed by atoms with Crippen LogP contribution in [0, 0.1) is 5.92 Å². The summed E-state index contributed by atoms with van der Waals surface area (Å²) in [5.41, 5.74) is 1.86. The Bertz CT molecular complexity index is 875. The summed E-state index contributed by atoms with van der Waals surface area (Å²) in [6.07, 6.45) is 1.86. The molecule has 27 heavy (non-hydrogen) atoms. The molecule has 0 saturated carbocycles. The molecule has 0 atom stereocenters. The Morgan fingerprint density at radius 1 is 1.11 bits per heavy atom. The summed E-state index contributed by atoms with van der Waals surface area (Å²) in [4.78, 5) is 12.0. The number of carbonyl (C=O) groups is 1. The maximum absolute atomic E-state index is 12.0. The van der Waals surface area contributed by atoms with E-state index in [1.54, 1.807) is 4.52 Å². The molecule has 0 bridgehead atoms. The molecule has 3 rings (SSSR count). The van der Waals surface area contributed by atoms with Gasteiger partial charge in [-0.15, -0.1) is 15.3 Å². The van der Waals surface area contributed by atoms with Gasteiger partial charge >= 0.3 is 0 Å². The molecule has 0 aliphatic heterocycles. The minimum atomic E-state index is 0.0331. The summed E-state index contributed by atoms with van der Waals surface area (Å²) >= 11 is 0. The van der Waals surface area contributed by atoms with Gasteiger partial charge in [0.2, 0.25) is 5.91 Å². The zero-order chi connectivity index (χ0) is 19.1. The fraction of sp³-hybridized carbons (Fsp3) is 0.400. The van der Waals surface area contributed by atoms with Gasteiger partial charge in [-0.1, -0.05) is 44.2 Å². The second-order valence-corrected chi connectivity index (χ2v) is 6.98. The van der Waals surface area contributed by atoms with Gasteiger partial charge < -0.3 is 10.6 Å². The van der Waals surface area contributed by atoms with E-state index in [9.17, 15) is 4.79 Å². The van der Waals surface area contributed by atoms with Crippen molar-refractivity contribution in [2.45, 2.75) is 39.7 Å². The van der Waals surface area contributed by atoms with E-state index in [0.29, 0.717) is 43.3 Å². The highest BCUT2D eigenvalue weighted by molar-refractivity contribution is 5.76. The molecule has 7 nitrogen and oxygen atoms in total. The highest BCUT2D eigenvalue weighted by atomic mass is 16.1. The van der Waals surface area contributed by atoms with Gasteiger partial charge in [-0.2, -0.15) is 4.52 Å². The minimum absolute atomic E-state index is 0.0331. The summed E-state index contributed by atoms with van der Waals surface area (Å²) < 4.78 is 1.70. The number of aryl methyl sites for hydroxylation is 1. The first kappa shape index (κ1) is 18.8. The lowest BCUT2D eigenvalue weighted by molar-refractivity contribution is -0.121. The van der Waals surface area contributed by atoms with Crippen molar-refractivity contribution in [3.8, 4) is 0 Å². The molecular weight excluding hydrogens is 340 g/mol. The molecular formula is C20H26N6O. The Labute approximate surface area is 159 Å². The van der Waals surface area contributed by atoms with Crippen LogP contribution in [0.4, 0.5) is 5.82 Å². The van der Waals surface area contributed by atoms with E-state index in [2.05, 4.69) is 51.9 Å². The van der Waals surface area contributed by atoms with E-state index < -0.39 is 0 Å². The lowest BCUT2D eigenvalue weighted by Crippen LogP contribution is -2.25. The highest BCUT2D eigenvalue weighted by Gasteiger charge is 2.10.